The number of nitrogens with zero attached hydrogens (tertiary/aromatic N) is 1. The molecule has 1 aliphatic carbocycles. The van der Waals surface area contributed by atoms with Crippen LogP contribution in [0.2, 0.25) is 0 Å². The number of esters is 1. The fourth-order valence-electron chi connectivity index (χ4n) is 3.47. The van der Waals surface area contributed by atoms with E-state index in [1.165, 1.54) is 12.5 Å². The highest BCUT2D eigenvalue weighted by atomic mass is 16.6. The zero-order chi connectivity index (χ0) is 19.9. The predicted molar refractivity (Wildman–Crippen MR) is 98.6 cm³/mol. The Morgan fingerprint density at radius 3 is 2.32 bits per heavy atom. The lowest BCUT2D eigenvalue weighted by Crippen LogP contribution is -2.38. The number of nitro benzene ring substituents is 1. The number of nitro groups is 1. The minimum absolute atomic E-state index is 0.0788. The topological polar surface area (TPSA) is 117 Å². The van der Waals surface area contributed by atoms with Crippen molar-refractivity contribution in [2.24, 2.45) is 0 Å². The number of hydrogen-bond donors (Lipinski definition) is 1. The minimum atomic E-state index is -0.948. The molecule has 9 nitrogen and oxygen atoms in total. The van der Waals surface area contributed by atoms with Gasteiger partial charge in [-0.25, -0.2) is 4.79 Å². The van der Waals surface area contributed by atoms with Crippen LogP contribution < -0.4 is 14.8 Å². The van der Waals surface area contributed by atoms with Crippen LogP contribution in [0.1, 0.15) is 55.3 Å². The molecule has 1 fully saturated rings. The summed E-state index contributed by atoms with van der Waals surface area (Å²) >= 11 is 0. The average molecular weight is 392 g/mol. The minimum Gasteiger partial charge on any atom is -0.486 e. The molecular weight excluding hydrogens is 368 g/mol. The van der Waals surface area contributed by atoms with E-state index in [1.807, 2.05) is 0 Å². The molecule has 152 valence electrons. The Balaban J connectivity index is 1.61. The van der Waals surface area contributed by atoms with Crippen molar-refractivity contribution in [1.29, 1.82) is 0 Å². The van der Waals surface area contributed by atoms with Gasteiger partial charge in [-0.05, 0) is 12.8 Å². The van der Waals surface area contributed by atoms with Gasteiger partial charge in [0, 0.05) is 12.1 Å². The standard InChI is InChI=1S/C19H24N2O7/c22-18(20-13-6-4-2-1-3-5-7-13)12-28-19(23)14-10-16-17(27-9-8-26-16)11-15(14)21(24)25/h10-11,13H,1-9,12H2,(H,20,22). The number of rotatable bonds is 5. The maximum absolute atomic E-state index is 12.3. The smallest absolute Gasteiger partial charge is 0.345 e. The van der Waals surface area contributed by atoms with Crippen LogP contribution in [0.25, 0.3) is 0 Å². The second-order valence-electron chi connectivity index (χ2n) is 6.96. The number of benzene rings is 1. The van der Waals surface area contributed by atoms with E-state index in [2.05, 4.69) is 5.32 Å². The SMILES string of the molecule is O=C(COC(=O)c1cc2c(cc1[N+](=O)[O-])OCCO2)NC1CCCCCCC1. The molecule has 0 unspecified atom stereocenters. The molecule has 1 N–H and O–H groups in total. The van der Waals surface area contributed by atoms with Gasteiger partial charge in [-0.15, -0.1) is 0 Å². The van der Waals surface area contributed by atoms with E-state index in [9.17, 15) is 19.7 Å². The van der Waals surface area contributed by atoms with Crippen molar-refractivity contribution < 1.29 is 28.7 Å². The summed E-state index contributed by atoms with van der Waals surface area (Å²) in [7, 11) is 0. The molecule has 0 atom stereocenters. The van der Waals surface area contributed by atoms with Crippen molar-refractivity contribution >= 4 is 17.6 Å². The quantitative estimate of drug-likeness (QED) is 0.465. The highest BCUT2D eigenvalue weighted by molar-refractivity contribution is 5.96. The van der Waals surface area contributed by atoms with Crippen LogP contribution in [-0.2, 0) is 9.53 Å². The summed E-state index contributed by atoms with van der Waals surface area (Å²) in [6.45, 7) is 0.0688. The highest BCUT2D eigenvalue weighted by Crippen LogP contribution is 2.36. The molecule has 0 bridgehead atoms. The third-order valence-electron chi connectivity index (χ3n) is 4.88. The second kappa shape index (κ2) is 9.38. The monoisotopic (exact) mass is 392 g/mol. The van der Waals surface area contributed by atoms with Gasteiger partial charge >= 0.3 is 5.97 Å². The van der Waals surface area contributed by atoms with Gasteiger partial charge in [0.2, 0.25) is 0 Å². The first-order valence-corrected chi connectivity index (χ1v) is 9.59. The third kappa shape index (κ3) is 5.11. The van der Waals surface area contributed by atoms with Crippen molar-refractivity contribution in [1.82, 2.24) is 5.32 Å². The number of fused-ring (bicyclic) bond motifs is 1. The molecule has 2 aliphatic rings. The Morgan fingerprint density at radius 1 is 1.07 bits per heavy atom. The van der Waals surface area contributed by atoms with E-state index < -0.39 is 29.1 Å². The Kier molecular flexibility index (Phi) is 6.67. The molecule has 9 heteroatoms. The molecule has 0 radical (unpaired) electrons. The molecule has 1 amide bonds. The number of carbonyl (C=O) groups excluding carboxylic acids is 2. The molecule has 0 saturated heterocycles. The molecule has 0 aromatic heterocycles. The van der Waals surface area contributed by atoms with E-state index in [0.717, 1.165) is 44.6 Å². The highest BCUT2D eigenvalue weighted by Gasteiger charge is 2.28. The van der Waals surface area contributed by atoms with Crippen molar-refractivity contribution in [2.75, 3.05) is 19.8 Å². The van der Waals surface area contributed by atoms with Crippen LogP contribution in [0, 0.1) is 10.1 Å². The Hall–Kier alpha value is -2.84. The van der Waals surface area contributed by atoms with Crippen molar-refractivity contribution in [3.8, 4) is 11.5 Å². The largest absolute Gasteiger partial charge is 0.486 e. The van der Waals surface area contributed by atoms with E-state index in [-0.39, 0.29) is 36.3 Å². The summed E-state index contributed by atoms with van der Waals surface area (Å²) in [6, 6.07) is 2.44. The van der Waals surface area contributed by atoms with Gasteiger partial charge in [0.05, 0.1) is 11.0 Å². The van der Waals surface area contributed by atoms with E-state index in [4.69, 9.17) is 14.2 Å². The molecule has 0 spiro atoms. The lowest BCUT2D eigenvalue weighted by molar-refractivity contribution is -0.385. The van der Waals surface area contributed by atoms with E-state index in [1.54, 1.807) is 0 Å². The lowest BCUT2D eigenvalue weighted by atomic mass is 9.97. The van der Waals surface area contributed by atoms with Crippen LogP contribution >= 0.6 is 0 Å². The van der Waals surface area contributed by atoms with Gasteiger partial charge in [0.15, 0.2) is 18.1 Å². The number of nitrogens with one attached hydrogen (secondary N) is 1. The van der Waals surface area contributed by atoms with Gasteiger partial charge in [0.25, 0.3) is 11.6 Å². The predicted octanol–water partition coefficient (Wildman–Crippen LogP) is 2.75. The molecule has 3 rings (SSSR count). The van der Waals surface area contributed by atoms with Gasteiger partial charge in [0.1, 0.15) is 18.8 Å². The zero-order valence-corrected chi connectivity index (χ0v) is 15.6. The van der Waals surface area contributed by atoms with Gasteiger partial charge in [-0.1, -0.05) is 32.1 Å². The van der Waals surface area contributed by atoms with Gasteiger partial charge in [-0.2, -0.15) is 0 Å². The summed E-state index contributed by atoms with van der Waals surface area (Å²) < 4.78 is 15.7. The fourth-order valence-corrected chi connectivity index (χ4v) is 3.47. The first-order valence-electron chi connectivity index (χ1n) is 9.59. The third-order valence-corrected chi connectivity index (χ3v) is 4.88. The summed E-state index contributed by atoms with van der Waals surface area (Å²) in [6.07, 6.45) is 7.50. The molecule has 1 aromatic carbocycles. The first kappa shape index (κ1) is 19.9. The Morgan fingerprint density at radius 2 is 1.68 bits per heavy atom. The molecular formula is C19H24N2O7. The normalized spacial score (nSPS) is 17.1. The van der Waals surface area contributed by atoms with Crippen molar-refractivity contribution in [2.45, 2.75) is 51.0 Å². The Bertz CT molecular complexity index is 742. The summed E-state index contributed by atoms with van der Waals surface area (Å²) in [5.41, 5.74) is -0.720. The van der Waals surface area contributed by atoms with Crippen LogP contribution in [0.15, 0.2) is 12.1 Å². The number of hydrogen-bond acceptors (Lipinski definition) is 7. The molecule has 1 heterocycles. The molecule has 1 aromatic rings. The maximum Gasteiger partial charge on any atom is 0.345 e. The second-order valence-corrected chi connectivity index (χ2v) is 6.96. The first-order chi connectivity index (χ1) is 13.5. The van der Waals surface area contributed by atoms with Crippen LogP contribution in [-0.4, -0.2) is 42.7 Å². The number of amides is 1. The summed E-state index contributed by atoms with van der Waals surface area (Å²) in [5, 5.41) is 14.2. The Labute approximate surface area is 162 Å². The van der Waals surface area contributed by atoms with Crippen molar-refractivity contribution in [3.05, 3.63) is 27.8 Å². The maximum atomic E-state index is 12.3. The molecule has 28 heavy (non-hydrogen) atoms. The van der Waals surface area contributed by atoms with Gasteiger partial charge in [-0.3, -0.25) is 14.9 Å². The van der Waals surface area contributed by atoms with Crippen molar-refractivity contribution in [3.63, 3.8) is 0 Å². The van der Waals surface area contributed by atoms with Gasteiger partial charge < -0.3 is 19.5 Å². The number of carbonyl (C=O) groups is 2. The zero-order valence-electron chi connectivity index (χ0n) is 15.6. The number of ether oxygens (including phenoxy) is 3. The molecule has 1 saturated carbocycles. The fraction of sp³-hybridized carbons (Fsp3) is 0.579. The van der Waals surface area contributed by atoms with Crippen LogP contribution in [0.4, 0.5) is 5.69 Å². The molecule has 1 aliphatic heterocycles. The summed E-state index contributed by atoms with van der Waals surface area (Å²) in [4.78, 5) is 35.1. The van der Waals surface area contributed by atoms with E-state index in [0.29, 0.717) is 0 Å². The van der Waals surface area contributed by atoms with Crippen LogP contribution in [0.3, 0.4) is 0 Å². The lowest BCUT2D eigenvalue weighted by Gasteiger charge is -2.21. The van der Waals surface area contributed by atoms with E-state index >= 15 is 0 Å². The summed E-state index contributed by atoms with van der Waals surface area (Å²) in [5.74, 6) is -0.907. The van der Waals surface area contributed by atoms with Crippen LogP contribution in [0.5, 0.6) is 11.5 Å². The average Bonchev–Trinajstić information content (AvgIpc) is 2.67.